The Morgan fingerprint density at radius 3 is 2.58 bits per heavy atom. The van der Waals surface area contributed by atoms with Gasteiger partial charge in [0.1, 0.15) is 12.0 Å². The number of furan rings is 1. The summed E-state index contributed by atoms with van der Waals surface area (Å²) >= 11 is 6.23. The molecule has 1 aliphatic rings. The number of nitrogens with one attached hydrogen (secondary N) is 1. The number of anilines is 1. The number of nitrogens with zero attached hydrogens (tertiary/aromatic N) is 1. The predicted octanol–water partition coefficient (Wildman–Crippen LogP) is 2.54. The summed E-state index contributed by atoms with van der Waals surface area (Å²) in [5, 5.41) is 2.99. The molecule has 0 bridgehead atoms. The molecule has 1 aromatic heterocycles. The summed E-state index contributed by atoms with van der Waals surface area (Å²) in [7, 11) is 0. The molecule has 9 heteroatoms. The van der Waals surface area contributed by atoms with Gasteiger partial charge in [-0.15, -0.1) is 12.4 Å². The van der Waals surface area contributed by atoms with E-state index in [-0.39, 0.29) is 35.8 Å². The second-order valence-corrected chi connectivity index (χ2v) is 5.97. The molecule has 0 atom stereocenters. The van der Waals surface area contributed by atoms with Crippen LogP contribution in [0.2, 0.25) is 5.02 Å². The van der Waals surface area contributed by atoms with E-state index >= 15 is 0 Å². The highest BCUT2D eigenvalue weighted by Crippen LogP contribution is 2.23. The normalized spacial score (nSPS) is 13.8. The van der Waals surface area contributed by atoms with E-state index in [1.807, 2.05) is 0 Å². The number of nitrogens with two attached hydrogens (primary N) is 1. The van der Waals surface area contributed by atoms with E-state index in [2.05, 4.69) is 5.32 Å². The van der Waals surface area contributed by atoms with Crippen molar-refractivity contribution in [2.75, 3.05) is 31.6 Å². The lowest BCUT2D eigenvalue weighted by Gasteiger charge is -2.27. The number of benzene rings is 1. The summed E-state index contributed by atoms with van der Waals surface area (Å²) in [6, 6.07) is 6.38. The summed E-state index contributed by atoms with van der Waals surface area (Å²) in [4.78, 5) is 26.4. The van der Waals surface area contributed by atoms with E-state index in [4.69, 9.17) is 26.5 Å². The minimum absolute atomic E-state index is 0. The molecule has 1 fully saturated rings. The van der Waals surface area contributed by atoms with E-state index in [0.29, 0.717) is 48.9 Å². The van der Waals surface area contributed by atoms with Gasteiger partial charge in [0.15, 0.2) is 0 Å². The van der Waals surface area contributed by atoms with Gasteiger partial charge in [-0.05, 0) is 24.3 Å². The molecule has 3 rings (SSSR count). The van der Waals surface area contributed by atoms with Crippen LogP contribution in [-0.4, -0.2) is 43.0 Å². The molecule has 7 nitrogen and oxygen atoms in total. The largest absolute Gasteiger partial charge is 0.467 e. The molecular formula is C17H19Cl2N3O4. The zero-order valence-corrected chi connectivity index (χ0v) is 15.4. The first kappa shape index (κ1) is 20.3. The number of carbonyl (C=O) groups is 2. The van der Waals surface area contributed by atoms with Crippen LogP contribution in [0.4, 0.5) is 5.69 Å². The average molecular weight is 400 g/mol. The number of rotatable bonds is 4. The second-order valence-electron chi connectivity index (χ2n) is 5.56. The van der Waals surface area contributed by atoms with Gasteiger partial charge in [0.2, 0.25) is 0 Å². The Morgan fingerprint density at radius 1 is 1.23 bits per heavy atom. The minimum atomic E-state index is -0.341. The fourth-order valence-corrected chi connectivity index (χ4v) is 2.77. The van der Waals surface area contributed by atoms with Crippen molar-refractivity contribution in [2.45, 2.75) is 6.54 Å². The van der Waals surface area contributed by atoms with Gasteiger partial charge < -0.3 is 25.1 Å². The third-order valence-electron chi connectivity index (χ3n) is 3.87. The molecule has 1 aromatic carbocycles. The molecule has 1 saturated heterocycles. The van der Waals surface area contributed by atoms with E-state index in [1.54, 1.807) is 29.2 Å². The smallest absolute Gasteiger partial charge is 0.258 e. The lowest BCUT2D eigenvalue weighted by molar-refractivity contribution is 0.0303. The number of halogens is 2. The zero-order chi connectivity index (χ0) is 17.8. The van der Waals surface area contributed by atoms with Crippen LogP contribution in [0.25, 0.3) is 0 Å². The van der Waals surface area contributed by atoms with Crippen LogP contribution in [0.3, 0.4) is 0 Å². The molecule has 2 aromatic rings. The number of morpholine rings is 1. The molecule has 1 aliphatic heterocycles. The Balaban J connectivity index is 0.00000243. The van der Waals surface area contributed by atoms with E-state index in [1.165, 1.54) is 6.26 Å². The van der Waals surface area contributed by atoms with Gasteiger partial charge in [-0.1, -0.05) is 11.6 Å². The van der Waals surface area contributed by atoms with Crippen molar-refractivity contribution in [3.05, 3.63) is 52.4 Å². The molecule has 26 heavy (non-hydrogen) atoms. The summed E-state index contributed by atoms with van der Waals surface area (Å²) in [5.41, 5.74) is 6.71. The SMILES string of the molecule is Cl.NCc1cc(C(=O)Nc2ccc(C(=O)N3CCOCC3)c(Cl)c2)co1. The van der Waals surface area contributed by atoms with Crippen LogP contribution in [0, 0.1) is 0 Å². The van der Waals surface area contributed by atoms with Crippen LogP contribution in [-0.2, 0) is 11.3 Å². The first-order valence-corrected chi connectivity index (χ1v) is 8.21. The highest BCUT2D eigenvalue weighted by molar-refractivity contribution is 6.34. The second kappa shape index (κ2) is 9.05. The van der Waals surface area contributed by atoms with Crippen LogP contribution < -0.4 is 11.1 Å². The molecule has 2 amide bonds. The summed E-state index contributed by atoms with van der Waals surface area (Å²) in [6.45, 7) is 2.34. The van der Waals surface area contributed by atoms with Gasteiger partial charge in [0.05, 0.1) is 35.9 Å². The quantitative estimate of drug-likeness (QED) is 0.822. The number of amides is 2. The fourth-order valence-electron chi connectivity index (χ4n) is 2.51. The van der Waals surface area contributed by atoms with Gasteiger partial charge in [-0.3, -0.25) is 9.59 Å². The van der Waals surface area contributed by atoms with Crippen molar-refractivity contribution >= 4 is 41.5 Å². The Labute approximate surface area is 161 Å². The van der Waals surface area contributed by atoms with Crippen molar-refractivity contribution in [3.8, 4) is 0 Å². The van der Waals surface area contributed by atoms with Crippen LogP contribution in [0.5, 0.6) is 0 Å². The maximum Gasteiger partial charge on any atom is 0.258 e. The summed E-state index contributed by atoms with van der Waals surface area (Å²) in [5.74, 6) is 0.0370. The van der Waals surface area contributed by atoms with Crippen molar-refractivity contribution in [2.24, 2.45) is 5.73 Å². The fraction of sp³-hybridized carbons (Fsp3) is 0.294. The molecule has 3 N–H and O–H groups in total. The molecule has 140 valence electrons. The first-order valence-electron chi connectivity index (χ1n) is 7.84. The van der Waals surface area contributed by atoms with Gasteiger partial charge in [-0.25, -0.2) is 0 Å². The Kier molecular flexibility index (Phi) is 7.05. The third-order valence-corrected chi connectivity index (χ3v) is 4.19. The first-order chi connectivity index (χ1) is 12.1. The number of carbonyl (C=O) groups excluding carboxylic acids is 2. The lowest BCUT2D eigenvalue weighted by Crippen LogP contribution is -2.40. The van der Waals surface area contributed by atoms with Gasteiger partial charge >= 0.3 is 0 Å². The van der Waals surface area contributed by atoms with Gasteiger partial charge in [0, 0.05) is 18.8 Å². The van der Waals surface area contributed by atoms with Crippen molar-refractivity contribution < 1.29 is 18.7 Å². The van der Waals surface area contributed by atoms with Crippen molar-refractivity contribution in [1.82, 2.24) is 4.90 Å². The van der Waals surface area contributed by atoms with E-state index in [9.17, 15) is 9.59 Å². The molecule has 2 heterocycles. The summed E-state index contributed by atoms with van der Waals surface area (Å²) < 4.78 is 10.4. The van der Waals surface area contributed by atoms with Gasteiger partial charge in [0.25, 0.3) is 11.8 Å². The Hall–Kier alpha value is -2.06. The average Bonchev–Trinajstić information content (AvgIpc) is 3.11. The maximum atomic E-state index is 12.5. The van der Waals surface area contributed by atoms with Crippen molar-refractivity contribution in [3.63, 3.8) is 0 Å². The molecule has 0 spiro atoms. The molecule has 0 radical (unpaired) electrons. The number of hydrogen-bond acceptors (Lipinski definition) is 5. The van der Waals surface area contributed by atoms with Crippen molar-refractivity contribution in [1.29, 1.82) is 0 Å². The highest BCUT2D eigenvalue weighted by Gasteiger charge is 2.21. The number of ether oxygens (including phenoxy) is 1. The monoisotopic (exact) mass is 399 g/mol. The summed E-state index contributed by atoms with van der Waals surface area (Å²) in [6.07, 6.45) is 1.34. The topological polar surface area (TPSA) is 97.8 Å². The van der Waals surface area contributed by atoms with Crippen LogP contribution in [0.15, 0.2) is 34.9 Å². The lowest BCUT2D eigenvalue weighted by atomic mass is 10.1. The van der Waals surface area contributed by atoms with E-state index < -0.39 is 0 Å². The Bertz CT molecular complexity index is 788. The predicted molar refractivity (Wildman–Crippen MR) is 100.0 cm³/mol. The molecular weight excluding hydrogens is 381 g/mol. The molecule has 0 unspecified atom stereocenters. The highest BCUT2D eigenvalue weighted by atomic mass is 35.5. The molecule has 0 saturated carbocycles. The number of hydrogen-bond donors (Lipinski definition) is 2. The maximum absolute atomic E-state index is 12.5. The minimum Gasteiger partial charge on any atom is -0.467 e. The van der Waals surface area contributed by atoms with Crippen LogP contribution >= 0.6 is 24.0 Å². The van der Waals surface area contributed by atoms with Gasteiger partial charge in [-0.2, -0.15) is 0 Å². The Morgan fingerprint density at radius 2 is 1.96 bits per heavy atom. The third kappa shape index (κ3) is 4.56. The molecule has 0 aliphatic carbocycles. The zero-order valence-electron chi connectivity index (χ0n) is 13.9. The van der Waals surface area contributed by atoms with E-state index in [0.717, 1.165) is 0 Å². The van der Waals surface area contributed by atoms with Crippen LogP contribution in [0.1, 0.15) is 26.5 Å². The standard InChI is InChI=1S/C17H18ClN3O4.ClH/c18-15-8-12(20-16(22)11-7-13(9-19)25-10-11)1-2-14(15)17(23)21-3-5-24-6-4-21;/h1-2,7-8,10H,3-6,9,19H2,(H,20,22);1H.